The fraction of sp³-hybridized carbons (Fsp3) is 0.118. The molecule has 3 aromatic heterocycles. The summed E-state index contributed by atoms with van der Waals surface area (Å²) in [5.41, 5.74) is 9.95. The summed E-state index contributed by atoms with van der Waals surface area (Å²) in [6.45, 7) is 1.95. The van der Waals surface area contributed by atoms with Gasteiger partial charge in [0.25, 0.3) is 0 Å². The zero-order chi connectivity index (χ0) is 15.7. The monoisotopic (exact) mass is 314 g/mol. The number of nitrogens with zero attached hydrogens (tertiary/aromatic N) is 1. The molecule has 1 aromatic carbocycles. The van der Waals surface area contributed by atoms with E-state index in [1.165, 1.54) is 0 Å². The third-order valence-electron chi connectivity index (χ3n) is 3.30. The van der Waals surface area contributed by atoms with Crippen molar-refractivity contribution in [1.82, 2.24) is 4.98 Å². The number of nitrogens with two attached hydrogens (primary N) is 1. The Bertz CT molecular complexity index is 917. The van der Waals surface area contributed by atoms with Crippen LogP contribution in [0.25, 0.3) is 22.1 Å². The molecule has 4 nitrogen and oxygen atoms in total. The summed E-state index contributed by atoms with van der Waals surface area (Å²) >= 11 is 5.64. The Morgan fingerprint density at radius 1 is 1.14 bits per heavy atom. The van der Waals surface area contributed by atoms with Crippen LogP contribution >= 0.6 is 11.6 Å². The molecule has 0 amide bonds. The molecule has 0 saturated carbocycles. The van der Waals surface area contributed by atoms with Crippen LogP contribution in [0.5, 0.6) is 5.75 Å². The van der Waals surface area contributed by atoms with Gasteiger partial charge in [-0.15, -0.1) is 0 Å². The van der Waals surface area contributed by atoms with Crippen LogP contribution in [0.3, 0.4) is 0 Å². The van der Waals surface area contributed by atoms with E-state index >= 15 is 0 Å². The number of benzene rings is 2. The summed E-state index contributed by atoms with van der Waals surface area (Å²) in [6.07, 6.45) is 0. The minimum Gasteiger partial charge on any atom is -0.497 e. The molecule has 112 valence electrons. The third-order valence-corrected chi connectivity index (χ3v) is 3.60. The first-order valence-corrected chi connectivity index (χ1v) is 7.13. The Morgan fingerprint density at radius 3 is 2.50 bits per heavy atom. The van der Waals surface area contributed by atoms with Crippen LogP contribution in [0, 0.1) is 6.92 Å². The largest absolute Gasteiger partial charge is 0.497 e. The standard InChI is InChI=1S/C11H12N2O.C6H3ClO/c1-7-3-4-8-5-9(14-2)6-10(12)11(8)13-7;7-5-3-4-1-2-6(5)8-4/h3-6H,12H2,1-2H3;1-3H. The van der Waals surface area contributed by atoms with E-state index in [0.717, 1.165) is 33.5 Å². The van der Waals surface area contributed by atoms with Crippen molar-refractivity contribution in [2.75, 3.05) is 12.8 Å². The first kappa shape index (κ1) is 14.5. The van der Waals surface area contributed by atoms with Gasteiger partial charge in [0.05, 0.1) is 23.3 Å². The van der Waals surface area contributed by atoms with Gasteiger partial charge in [0.15, 0.2) is 0 Å². The number of furan rings is 2. The van der Waals surface area contributed by atoms with Gasteiger partial charge in [0.2, 0.25) is 0 Å². The summed E-state index contributed by atoms with van der Waals surface area (Å²) in [4.78, 5) is 4.37. The molecule has 0 aliphatic heterocycles. The number of nitrogen functional groups attached to an aromatic ring is 1. The van der Waals surface area contributed by atoms with Crippen LogP contribution in [-0.4, -0.2) is 12.1 Å². The van der Waals surface area contributed by atoms with Gasteiger partial charge in [0.1, 0.15) is 16.9 Å². The van der Waals surface area contributed by atoms with Crippen molar-refractivity contribution < 1.29 is 9.15 Å². The zero-order valence-electron chi connectivity index (χ0n) is 12.3. The highest BCUT2D eigenvalue weighted by molar-refractivity contribution is 6.34. The number of aromatic nitrogens is 1. The summed E-state index contributed by atoms with van der Waals surface area (Å²) in [5.74, 6) is 0.764. The fourth-order valence-electron chi connectivity index (χ4n) is 2.20. The predicted molar refractivity (Wildman–Crippen MR) is 89.9 cm³/mol. The molecule has 3 heterocycles. The fourth-order valence-corrected chi connectivity index (χ4v) is 2.41. The van der Waals surface area contributed by atoms with Crippen LogP contribution < -0.4 is 10.5 Å². The Balaban J connectivity index is 0.000000151. The van der Waals surface area contributed by atoms with Crippen molar-refractivity contribution in [3.8, 4) is 5.75 Å². The molecule has 0 radical (unpaired) electrons. The van der Waals surface area contributed by atoms with Gasteiger partial charge in [0, 0.05) is 23.2 Å². The highest BCUT2D eigenvalue weighted by atomic mass is 35.5. The van der Waals surface area contributed by atoms with Crippen molar-refractivity contribution in [3.63, 3.8) is 0 Å². The molecule has 4 aromatic rings. The van der Waals surface area contributed by atoms with E-state index in [1.54, 1.807) is 19.2 Å². The molecule has 0 aliphatic carbocycles. The molecule has 0 spiro atoms. The van der Waals surface area contributed by atoms with E-state index in [1.807, 2.05) is 37.3 Å². The number of pyridine rings is 1. The van der Waals surface area contributed by atoms with Crippen molar-refractivity contribution in [3.05, 3.63) is 53.2 Å². The second-order valence-corrected chi connectivity index (χ2v) is 5.34. The predicted octanol–water partition coefficient (Wildman–Crippen LogP) is 4.66. The Morgan fingerprint density at radius 2 is 1.95 bits per heavy atom. The van der Waals surface area contributed by atoms with Crippen LogP contribution in [0.15, 0.2) is 46.9 Å². The van der Waals surface area contributed by atoms with Gasteiger partial charge in [-0.05, 0) is 31.2 Å². The quantitative estimate of drug-likeness (QED) is 0.519. The molecule has 0 atom stereocenters. The molecule has 0 aliphatic rings. The van der Waals surface area contributed by atoms with E-state index in [-0.39, 0.29) is 0 Å². The summed E-state index contributed by atoms with van der Waals surface area (Å²) < 4.78 is 10.2. The maximum absolute atomic E-state index is 5.86. The number of aryl methyl sites for hydroxylation is 1. The molecule has 2 bridgehead atoms. The van der Waals surface area contributed by atoms with Gasteiger partial charge in [-0.1, -0.05) is 17.7 Å². The minimum absolute atomic E-state index is 0.656. The average Bonchev–Trinajstić information content (AvgIpc) is 3.10. The van der Waals surface area contributed by atoms with E-state index in [2.05, 4.69) is 4.98 Å². The number of anilines is 1. The maximum atomic E-state index is 5.86. The van der Waals surface area contributed by atoms with Crippen molar-refractivity contribution in [2.45, 2.75) is 6.92 Å². The third kappa shape index (κ3) is 2.78. The smallest absolute Gasteiger partial charge is 0.146 e. The van der Waals surface area contributed by atoms with Crippen LogP contribution in [-0.2, 0) is 0 Å². The maximum Gasteiger partial charge on any atom is 0.146 e. The van der Waals surface area contributed by atoms with Crippen LogP contribution in [0.4, 0.5) is 5.69 Å². The number of methoxy groups -OCH3 is 1. The molecule has 0 saturated heterocycles. The number of ether oxygens (including phenoxy) is 1. The summed E-state index contributed by atoms with van der Waals surface area (Å²) in [7, 11) is 1.63. The van der Waals surface area contributed by atoms with E-state index in [0.29, 0.717) is 10.7 Å². The van der Waals surface area contributed by atoms with E-state index < -0.39 is 0 Å². The highest BCUT2D eigenvalue weighted by Crippen LogP contribution is 2.26. The number of fused-ring (bicyclic) bond motifs is 3. The van der Waals surface area contributed by atoms with Gasteiger partial charge in [-0.2, -0.15) is 0 Å². The average molecular weight is 315 g/mol. The summed E-state index contributed by atoms with van der Waals surface area (Å²) in [6, 6.07) is 13.2. The lowest BCUT2D eigenvalue weighted by Crippen LogP contribution is -1.93. The lowest BCUT2D eigenvalue weighted by molar-refractivity contribution is 0.415. The molecular formula is C17H15ClN2O2. The minimum atomic E-state index is 0.656. The second kappa shape index (κ2) is 5.73. The first-order chi connectivity index (χ1) is 10.6. The molecule has 4 rings (SSSR count). The first-order valence-electron chi connectivity index (χ1n) is 6.75. The number of rotatable bonds is 1. The number of hydrogen-bond acceptors (Lipinski definition) is 4. The molecule has 0 fully saturated rings. The summed E-state index contributed by atoms with van der Waals surface area (Å²) in [5, 5.41) is 1.72. The molecular weight excluding hydrogens is 300 g/mol. The van der Waals surface area contributed by atoms with Crippen molar-refractivity contribution in [2.24, 2.45) is 0 Å². The lowest BCUT2D eigenvalue weighted by atomic mass is 10.1. The molecule has 2 N–H and O–H groups in total. The second-order valence-electron chi connectivity index (χ2n) is 4.94. The molecule has 0 unspecified atom stereocenters. The Kier molecular flexibility index (Phi) is 3.77. The topological polar surface area (TPSA) is 61.3 Å². The Hall–Kier alpha value is -2.46. The SMILES string of the molecule is COc1cc(N)c2nc(C)ccc2c1.Clc1cc2ccc1o2. The van der Waals surface area contributed by atoms with Gasteiger partial charge in [-0.3, -0.25) is 4.98 Å². The van der Waals surface area contributed by atoms with Crippen LogP contribution in [0.2, 0.25) is 5.02 Å². The normalized spacial score (nSPS) is 10.7. The Labute approximate surface area is 132 Å². The number of halogens is 1. The molecule has 5 heteroatoms. The van der Waals surface area contributed by atoms with Crippen LogP contribution in [0.1, 0.15) is 5.69 Å². The zero-order valence-corrected chi connectivity index (χ0v) is 13.0. The highest BCUT2D eigenvalue weighted by Gasteiger charge is 2.03. The lowest BCUT2D eigenvalue weighted by Gasteiger charge is -2.05. The molecule has 22 heavy (non-hydrogen) atoms. The van der Waals surface area contributed by atoms with E-state index in [9.17, 15) is 0 Å². The van der Waals surface area contributed by atoms with Crippen molar-refractivity contribution in [1.29, 1.82) is 0 Å². The van der Waals surface area contributed by atoms with Gasteiger partial charge < -0.3 is 14.9 Å². The van der Waals surface area contributed by atoms with Crippen molar-refractivity contribution >= 4 is 39.4 Å². The van der Waals surface area contributed by atoms with E-state index in [4.69, 9.17) is 26.5 Å². The number of hydrogen-bond donors (Lipinski definition) is 1. The van der Waals surface area contributed by atoms with Gasteiger partial charge >= 0.3 is 0 Å². The van der Waals surface area contributed by atoms with Gasteiger partial charge in [-0.25, -0.2) is 0 Å².